The highest BCUT2D eigenvalue weighted by molar-refractivity contribution is 5.70. The number of carbonyl (C=O) groups is 1. The summed E-state index contributed by atoms with van der Waals surface area (Å²) in [6, 6.07) is 0. The molecule has 0 heterocycles. The normalized spacial score (nSPS) is 16.6. The van der Waals surface area contributed by atoms with Crippen LogP contribution in [0.15, 0.2) is 0 Å². The smallest absolute Gasteiger partial charge is 0.307 e. The Morgan fingerprint density at radius 3 is 2.24 bits per heavy atom. The highest BCUT2D eigenvalue weighted by Crippen LogP contribution is 2.31. The second-order valence-electron chi connectivity index (χ2n) is 5.17. The predicted molar refractivity (Wildman–Crippen MR) is 72.0 cm³/mol. The lowest BCUT2D eigenvalue weighted by Gasteiger charge is -2.40. The molecule has 0 aliphatic carbocycles. The van der Waals surface area contributed by atoms with E-state index >= 15 is 0 Å². The lowest BCUT2D eigenvalue weighted by Crippen LogP contribution is -2.47. The average molecular weight is 243 g/mol. The fourth-order valence-electron chi connectivity index (χ4n) is 2.27. The quantitative estimate of drug-likeness (QED) is 0.614. The number of hydrogen-bond donors (Lipinski definition) is 0. The first kappa shape index (κ1) is 16.4. The molecule has 0 saturated heterocycles. The van der Waals surface area contributed by atoms with Gasteiger partial charge in [0.1, 0.15) is 0 Å². The minimum atomic E-state index is -0.0775. The molecule has 0 amide bonds. The molecule has 3 nitrogen and oxygen atoms in total. The molecule has 102 valence electrons. The van der Waals surface area contributed by atoms with E-state index in [1.807, 2.05) is 6.92 Å². The topological polar surface area (TPSA) is 29.5 Å². The number of hydrogen-bond acceptors (Lipinski definition) is 3. The van der Waals surface area contributed by atoms with Crippen molar-refractivity contribution in [3.8, 4) is 0 Å². The third kappa shape index (κ3) is 5.07. The highest BCUT2D eigenvalue weighted by atomic mass is 16.5. The molecule has 0 aromatic heterocycles. The molecule has 0 radical (unpaired) electrons. The van der Waals surface area contributed by atoms with E-state index in [0.717, 1.165) is 19.3 Å². The Morgan fingerprint density at radius 1 is 1.29 bits per heavy atom. The third-order valence-corrected chi connectivity index (χ3v) is 3.81. The molecule has 0 spiro atoms. The molecule has 0 fully saturated rings. The van der Waals surface area contributed by atoms with Gasteiger partial charge in [-0.25, -0.2) is 0 Å². The van der Waals surface area contributed by atoms with Crippen LogP contribution in [0.4, 0.5) is 0 Å². The van der Waals surface area contributed by atoms with Crippen molar-refractivity contribution in [2.75, 3.05) is 20.7 Å². The standard InChI is InChI=1S/C14H29NO2/c1-7-12(4)10-14(8-2,15(5)6)11-13(16)17-9-3/h12H,7-11H2,1-6H3. The van der Waals surface area contributed by atoms with Gasteiger partial charge in [-0.3, -0.25) is 4.79 Å². The van der Waals surface area contributed by atoms with E-state index in [4.69, 9.17) is 4.74 Å². The largest absolute Gasteiger partial charge is 0.466 e. The summed E-state index contributed by atoms with van der Waals surface area (Å²) >= 11 is 0. The lowest BCUT2D eigenvalue weighted by molar-refractivity contribution is -0.146. The molecular formula is C14H29NO2. The van der Waals surface area contributed by atoms with Crippen molar-refractivity contribution in [3.05, 3.63) is 0 Å². The van der Waals surface area contributed by atoms with Gasteiger partial charge in [0.15, 0.2) is 0 Å². The van der Waals surface area contributed by atoms with Gasteiger partial charge in [-0.1, -0.05) is 27.2 Å². The van der Waals surface area contributed by atoms with Crippen LogP contribution in [0.5, 0.6) is 0 Å². The van der Waals surface area contributed by atoms with E-state index in [0.29, 0.717) is 18.9 Å². The Bertz CT molecular complexity index is 228. The van der Waals surface area contributed by atoms with Crippen LogP contribution in [0.2, 0.25) is 0 Å². The van der Waals surface area contributed by atoms with E-state index in [1.54, 1.807) is 0 Å². The van der Waals surface area contributed by atoms with Crippen LogP contribution in [0, 0.1) is 5.92 Å². The molecule has 0 bridgehead atoms. The van der Waals surface area contributed by atoms with Gasteiger partial charge in [0, 0.05) is 5.54 Å². The summed E-state index contributed by atoms with van der Waals surface area (Å²) in [5, 5.41) is 0. The first-order valence-electron chi connectivity index (χ1n) is 6.74. The molecule has 2 atom stereocenters. The Hall–Kier alpha value is -0.570. The van der Waals surface area contributed by atoms with Crippen LogP contribution in [-0.2, 0) is 9.53 Å². The summed E-state index contributed by atoms with van der Waals surface area (Å²) < 4.78 is 5.10. The maximum absolute atomic E-state index is 11.7. The second kappa shape index (κ2) is 7.70. The van der Waals surface area contributed by atoms with Gasteiger partial charge in [-0.2, -0.15) is 0 Å². The Balaban J connectivity index is 4.75. The zero-order valence-electron chi connectivity index (χ0n) is 12.4. The van der Waals surface area contributed by atoms with E-state index < -0.39 is 0 Å². The van der Waals surface area contributed by atoms with E-state index in [9.17, 15) is 4.79 Å². The molecule has 0 saturated carbocycles. The van der Waals surface area contributed by atoms with Crippen molar-refractivity contribution < 1.29 is 9.53 Å². The minimum absolute atomic E-state index is 0.0539. The molecule has 0 aliphatic rings. The summed E-state index contributed by atoms with van der Waals surface area (Å²) in [5.74, 6) is 0.554. The fraction of sp³-hybridized carbons (Fsp3) is 0.929. The van der Waals surface area contributed by atoms with Crippen LogP contribution in [0.1, 0.15) is 53.4 Å². The van der Waals surface area contributed by atoms with Gasteiger partial charge in [-0.05, 0) is 39.8 Å². The number of rotatable bonds is 8. The van der Waals surface area contributed by atoms with Gasteiger partial charge in [0.25, 0.3) is 0 Å². The minimum Gasteiger partial charge on any atom is -0.466 e. The van der Waals surface area contributed by atoms with Crippen LogP contribution in [0.3, 0.4) is 0 Å². The fourth-order valence-corrected chi connectivity index (χ4v) is 2.27. The van der Waals surface area contributed by atoms with Crippen LogP contribution < -0.4 is 0 Å². The van der Waals surface area contributed by atoms with Crippen molar-refractivity contribution in [2.24, 2.45) is 5.92 Å². The number of esters is 1. The molecular weight excluding hydrogens is 214 g/mol. The molecule has 17 heavy (non-hydrogen) atoms. The maximum atomic E-state index is 11.7. The molecule has 3 heteroatoms. The van der Waals surface area contributed by atoms with E-state index in [1.165, 1.54) is 0 Å². The Labute approximate surface area is 107 Å². The summed E-state index contributed by atoms with van der Waals surface area (Å²) in [7, 11) is 4.12. The monoisotopic (exact) mass is 243 g/mol. The lowest BCUT2D eigenvalue weighted by atomic mass is 9.81. The summed E-state index contributed by atoms with van der Waals surface area (Å²) in [5.41, 5.74) is -0.0539. The zero-order chi connectivity index (χ0) is 13.5. The molecule has 0 rings (SSSR count). The molecule has 0 aromatic rings. The second-order valence-corrected chi connectivity index (χ2v) is 5.17. The first-order valence-corrected chi connectivity index (χ1v) is 6.74. The molecule has 0 N–H and O–H groups in total. The summed E-state index contributed by atoms with van der Waals surface area (Å²) in [4.78, 5) is 13.9. The predicted octanol–water partition coefficient (Wildman–Crippen LogP) is 3.09. The third-order valence-electron chi connectivity index (χ3n) is 3.81. The van der Waals surface area contributed by atoms with Crippen molar-refractivity contribution >= 4 is 5.97 Å². The van der Waals surface area contributed by atoms with Gasteiger partial charge in [0.2, 0.25) is 0 Å². The van der Waals surface area contributed by atoms with Crippen LogP contribution in [0.25, 0.3) is 0 Å². The van der Waals surface area contributed by atoms with Crippen molar-refractivity contribution in [3.63, 3.8) is 0 Å². The van der Waals surface area contributed by atoms with Gasteiger partial charge >= 0.3 is 5.97 Å². The summed E-state index contributed by atoms with van der Waals surface area (Å²) in [6.07, 6.45) is 3.67. The van der Waals surface area contributed by atoms with Gasteiger partial charge in [-0.15, -0.1) is 0 Å². The maximum Gasteiger partial charge on any atom is 0.307 e. The van der Waals surface area contributed by atoms with E-state index in [2.05, 4.69) is 39.8 Å². The van der Waals surface area contributed by atoms with Crippen LogP contribution in [-0.4, -0.2) is 37.1 Å². The van der Waals surface area contributed by atoms with Crippen LogP contribution >= 0.6 is 0 Å². The van der Waals surface area contributed by atoms with Crippen molar-refractivity contribution in [2.45, 2.75) is 58.9 Å². The number of carbonyl (C=O) groups excluding carboxylic acids is 1. The van der Waals surface area contributed by atoms with Gasteiger partial charge < -0.3 is 9.64 Å². The van der Waals surface area contributed by atoms with Crippen molar-refractivity contribution in [1.82, 2.24) is 4.90 Å². The molecule has 2 unspecified atom stereocenters. The van der Waals surface area contributed by atoms with Gasteiger partial charge in [0.05, 0.1) is 13.0 Å². The van der Waals surface area contributed by atoms with Crippen molar-refractivity contribution in [1.29, 1.82) is 0 Å². The Kier molecular flexibility index (Phi) is 7.44. The summed E-state index contributed by atoms with van der Waals surface area (Å²) in [6.45, 7) is 8.93. The first-order chi connectivity index (χ1) is 7.91. The SMILES string of the molecule is CCOC(=O)CC(CC)(CC(C)CC)N(C)C. The number of nitrogens with zero attached hydrogens (tertiary/aromatic N) is 1. The average Bonchev–Trinajstić information content (AvgIpc) is 2.27. The number of ether oxygens (including phenoxy) is 1. The Morgan fingerprint density at radius 2 is 1.88 bits per heavy atom. The zero-order valence-corrected chi connectivity index (χ0v) is 12.4. The molecule has 0 aromatic carbocycles. The highest BCUT2D eigenvalue weighted by Gasteiger charge is 2.35. The molecule has 0 aliphatic heterocycles. The van der Waals surface area contributed by atoms with E-state index in [-0.39, 0.29) is 11.5 Å².